The molecule has 0 aromatic carbocycles. The molecule has 0 radical (unpaired) electrons. The summed E-state index contributed by atoms with van der Waals surface area (Å²) in [4.78, 5) is 19.5. The number of alkyl halides is 3. The zero-order valence-electron chi connectivity index (χ0n) is 14.1. The van der Waals surface area contributed by atoms with Gasteiger partial charge in [0.2, 0.25) is 5.82 Å². The molecule has 3 aromatic rings. The van der Waals surface area contributed by atoms with Crippen molar-refractivity contribution < 1.29 is 22.1 Å². The summed E-state index contributed by atoms with van der Waals surface area (Å²) in [5.41, 5.74) is 0.418. The largest absolute Gasteiger partial charge is 0.471 e. The number of rotatable bonds is 5. The van der Waals surface area contributed by atoms with E-state index in [-0.39, 0.29) is 17.3 Å². The Morgan fingerprint density at radius 3 is 2.63 bits per heavy atom. The Morgan fingerprint density at radius 1 is 1.26 bits per heavy atom. The van der Waals surface area contributed by atoms with E-state index in [2.05, 4.69) is 19.6 Å². The predicted octanol–water partition coefficient (Wildman–Crippen LogP) is 3.65. The van der Waals surface area contributed by atoms with Crippen molar-refractivity contribution >= 4 is 0 Å². The topological polar surface area (TPSA) is 73.8 Å². The van der Waals surface area contributed by atoms with Crippen molar-refractivity contribution in [3.63, 3.8) is 0 Å². The highest BCUT2D eigenvalue weighted by Crippen LogP contribution is 2.29. The summed E-state index contributed by atoms with van der Waals surface area (Å²) in [6.07, 6.45) is -1.60. The fourth-order valence-corrected chi connectivity index (χ4v) is 2.45. The van der Waals surface area contributed by atoms with Gasteiger partial charge in [0.25, 0.3) is 5.56 Å². The van der Waals surface area contributed by atoms with Crippen molar-refractivity contribution in [2.75, 3.05) is 0 Å². The van der Waals surface area contributed by atoms with Gasteiger partial charge >= 0.3 is 12.1 Å². The lowest BCUT2D eigenvalue weighted by Gasteiger charge is -2.12. The minimum atomic E-state index is -4.75. The molecule has 3 rings (SSSR count). The zero-order chi connectivity index (χ0) is 19.6. The van der Waals surface area contributed by atoms with Gasteiger partial charge in [0.05, 0.1) is 6.20 Å². The van der Waals surface area contributed by atoms with E-state index in [1.165, 1.54) is 22.9 Å². The number of aryl methyl sites for hydroxylation is 1. The van der Waals surface area contributed by atoms with Crippen LogP contribution in [0.25, 0.3) is 11.4 Å². The van der Waals surface area contributed by atoms with Crippen LogP contribution in [0.4, 0.5) is 17.6 Å². The van der Waals surface area contributed by atoms with Crippen LogP contribution in [-0.2, 0) is 12.7 Å². The highest BCUT2D eigenvalue weighted by Gasteiger charge is 2.38. The van der Waals surface area contributed by atoms with Gasteiger partial charge in [0, 0.05) is 36.0 Å². The van der Waals surface area contributed by atoms with Gasteiger partial charge in [-0.2, -0.15) is 18.2 Å². The van der Waals surface area contributed by atoms with Crippen molar-refractivity contribution in [2.24, 2.45) is 0 Å². The lowest BCUT2D eigenvalue weighted by Crippen LogP contribution is -2.19. The van der Waals surface area contributed by atoms with Crippen LogP contribution >= 0.6 is 0 Å². The van der Waals surface area contributed by atoms with E-state index < -0.39 is 23.4 Å². The van der Waals surface area contributed by atoms with E-state index in [0.29, 0.717) is 18.7 Å². The van der Waals surface area contributed by atoms with Gasteiger partial charge in [-0.25, -0.2) is 4.39 Å². The number of halogens is 4. The van der Waals surface area contributed by atoms with Crippen molar-refractivity contribution in [1.29, 1.82) is 0 Å². The maximum Gasteiger partial charge on any atom is 0.471 e. The quantitative estimate of drug-likeness (QED) is 0.630. The van der Waals surface area contributed by atoms with E-state index in [0.717, 1.165) is 12.3 Å². The molecule has 142 valence electrons. The van der Waals surface area contributed by atoms with Crippen LogP contribution in [0.2, 0.25) is 0 Å². The normalized spacial score (nSPS) is 12.9. The molecule has 0 aliphatic carbocycles. The highest BCUT2D eigenvalue weighted by molar-refractivity contribution is 5.52. The van der Waals surface area contributed by atoms with Crippen LogP contribution in [-0.4, -0.2) is 19.7 Å². The van der Waals surface area contributed by atoms with Crippen molar-refractivity contribution in [3.05, 3.63) is 64.4 Å². The van der Waals surface area contributed by atoms with Crippen LogP contribution in [0.3, 0.4) is 0 Å². The summed E-state index contributed by atoms with van der Waals surface area (Å²) in [6.45, 7) is 2.26. The maximum atomic E-state index is 12.9. The number of hydrogen-bond acceptors (Lipinski definition) is 5. The van der Waals surface area contributed by atoms with E-state index in [1.54, 1.807) is 6.07 Å². The zero-order valence-corrected chi connectivity index (χ0v) is 14.1. The molecule has 10 heteroatoms. The second-order valence-electron chi connectivity index (χ2n) is 5.96. The first-order chi connectivity index (χ1) is 12.7. The van der Waals surface area contributed by atoms with Crippen LogP contribution in [0.1, 0.15) is 30.8 Å². The highest BCUT2D eigenvalue weighted by atomic mass is 19.4. The SMILES string of the molecule is C[C@@H](CCn1ccc(-c2noc(C(F)(F)F)n2)cc1=O)c1ccc(F)cn1. The first kappa shape index (κ1) is 18.7. The average Bonchev–Trinajstić information content (AvgIpc) is 3.11. The van der Waals surface area contributed by atoms with Gasteiger partial charge in [-0.3, -0.25) is 9.78 Å². The molecule has 0 amide bonds. The smallest absolute Gasteiger partial charge is 0.329 e. The van der Waals surface area contributed by atoms with Crippen LogP contribution < -0.4 is 5.56 Å². The van der Waals surface area contributed by atoms with Crippen molar-refractivity contribution in [3.8, 4) is 11.4 Å². The predicted molar refractivity (Wildman–Crippen MR) is 86.2 cm³/mol. The van der Waals surface area contributed by atoms with Crippen molar-refractivity contribution in [2.45, 2.75) is 32.0 Å². The molecule has 0 spiro atoms. The molecule has 0 fully saturated rings. The minimum absolute atomic E-state index is 0.0104. The second-order valence-corrected chi connectivity index (χ2v) is 5.96. The number of pyridine rings is 2. The van der Waals surface area contributed by atoms with Crippen LogP contribution in [0.15, 0.2) is 46.0 Å². The Labute approximate surface area is 150 Å². The third kappa shape index (κ3) is 4.39. The van der Waals surface area contributed by atoms with E-state index >= 15 is 0 Å². The average molecular weight is 382 g/mol. The molecular weight excluding hydrogens is 368 g/mol. The first-order valence-electron chi connectivity index (χ1n) is 7.97. The second kappa shape index (κ2) is 7.29. The third-order valence-electron chi connectivity index (χ3n) is 3.98. The fraction of sp³-hybridized carbons (Fsp3) is 0.294. The molecule has 3 aromatic heterocycles. The summed E-state index contributed by atoms with van der Waals surface area (Å²) in [6, 6.07) is 5.49. The molecule has 0 bridgehead atoms. The Kier molecular flexibility index (Phi) is 5.06. The Balaban J connectivity index is 1.70. The number of nitrogens with zero attached hydrogens (tertiary/aromatic N) is 4. The van der Waals surface area contributed by atoms with Gasteiger partial charge < -0.3 is 9.09 Å². The molecule has 0 aliphatic rings. The maximum absolute atomic E-state index is 12.9. The monoisotopic (exact) mass is 382 g/mol. The first-order valence-corrected chi connectivity index (χ1v) is 7.97. The Morgan fingerprint density at radius 2 is 2.04 bits per heavy atom. The molecule has 0 saturated carbocycles. The Bertz CT molecular complexity index is 980. The molecule has 0 aliphatic heterocycles. The van der Waals surface area contributed by atoms with Crippen LogP contribution in [0.5, 0.6) is 0 Å². The summed E-state index contributed by atoms with van der Waals surface area (Å²) in [5.74, 6) is -2.21. The van der Waals surface area contributed by atoms with E-state index in [9.17, 15) is 22.4 Å². The fourth-order valence-electron chi connectivity index (χ4n) is 2.45. The van der Waals surface area contributed by atoms with Gasteiger partial charge in [0.15, 0.2) is 0 Å². The summed E-state index contributed by atoms with van der Waals surface area (Å²) >= 11 is 0. The van der Waals surface area contributed by atoms with Crippen LogP contribution in [0, 0.1) is 5.82 Å². The molecule has 3 heterocycles. The van der Waals surface area contributed by atoms with Gasteiger partial charge in [-0.15, -0.1) is 0 Å². The molecule has 0 N–H and O–H groups in total. The molecule has 0 unspecified atom stereocenters. The lowest BCUT2D eigenvalue weighted by molar-refractivity contribution is -0.159. The summed E-state index contributed by atoms with van der Waals surface area (Å²) in [7, 11) is 0. The standard InChI is InChI=1S/C17H14F4N4O2/c1-10(13-3-2-12(18)9-22-13)4-6-25-7-5-11(8-14(25)26)15-23-16(27-24-15)17(19,20)21/h2-3,5,7-10H,4,6H2,1H3/t10-/m0/s1. The van der Waals surface area contributed by atoms with Crippen molar-refractivity contribution in [1.82, 2.24) is 19.7 Å². The molecule has 6 nitrogen and oxygen atoms in total. The minimum Gasteiger partial charge on any atom is -0.329 e. The van der Waals surface area contributed by atoms with E-state index in [1.807, 2.05) is 6.92 Å². The molecule has 0 saturated heterocycles. The molecule has 27 heavy (non-hydrogen) atoms. The number of hydrogen-bond donors (Lipinski definition) is 0. The Hall–Kier alpha value is -3.04. The third-order valence-corrected chi connectivity index (χ3v) is 3.98. The van der Waals surface area contributed by atoms with Gasteiger partial charge in [-0.1, -0.05) is 12.1 Å². The summed E-state index contributed by atoms with van der Waals surface area (Å²) < 4.78 is 56.0. The van der Waals surface area contributed by atoms with Gasteiger partial charge in [-0.05, 0) is 24.6 Å². The molecular formula is C17H14F4N4O2. The number of aromatic nitrogens is 4. The summed E-state index contributed by atoms with van der Waals surface area (Å²) in [5, 5.41) is 3.25. The van der Waals surface area contributed by atoms with Gasteiger partial charge in [0.1, 0.15) is 5.82 Å². The van der Waals surface area contributed by atoms with E-state index in [4.69, 9.17) is 0 Å². The lowest BCUT2D eigenvalue weighted by atomic mass is 10.0. The molecule has 1 atom stereocenters.